The standard InChI is InChI=1S/C21H28N6O2.HI/c1-4-22-21(24-14-16-9-8-15(3)13-18(16)28-5-2)23-11-10-19-25-20(27-26-19)17-7-6-12-29-17;/h6-9,12-13H,4-5,10-11,14H2,1-3H3,(H2,22,23,24)(H,25,26,27);1H. The zero-order valence-electron chi connectivity index (χ0n) is 17.6. The lowest BCUT2D eigenvalue weighted by Crippen LogP contribution is -2.38. The SMILES string of the molecule is CCNC(=NCc1ccc(C)cc1OCC)NCCc1nc(-c2ccco2)n[nH]1.I. The molecular formula is C21H29IN6O2. The maximum Gasteiger partial charge on any atom is 0.216 e. The van der Waals surface area contributed by atoms with Crippen molar-refractivity contribution in [3.8, 4) is 17.3 Å². The third-order valence-electron chi connectivity index (χ3n) is 4.20. The van der Waals surface area contributed by atoms with Crippen molar-refractivity contribution >= 4 is 29.9 Å². The highest BCUT2D eigenvalue weighted by Gasteiger charge is 2.08. The molecule has 0 bridgehead atoms. The van der Waals surface area contributed by atoms with Gasteiger partial charge in [0.15, 0.2) is 11.7 Å². The van der Waals surface area contributed by atoms with E-state index in [0.29, 0.717) is 37.7 Å². The molecule has 0 unspecified atom stereocenters. The third kappa shape index (κ3) is 6.75. The van der Waals surface area contributed by atoms with Crippen LogP contribution in [0.5, 0.6) is 5.75 Å². The molecule has 0 amide bonds. The van der Waals surface area contributed by atoms with Gasteiger partial charge in [-0.05, 0) is 44.5 Å². The molecule has 2 aromatic heterocycles. The molecule has 0 atom stereocenters. The number of aryl methyl sites for hydroxylation is 1. The van der Waals surface area contributed by atoms with E-state index >= 15 is 0 Å². The molecule has 3 N–H and O–H groups in total. The maximum atomic E-state index is 5.74. The van der Waals surface area contributed by atoms with Gasteiger partial charge in [0, 0.05) is 25.1 Å². The number of H-pyrrole nitrogens is 1. The molecule has 0 fully saturated rings. The van der Waals surface area contributed by atoms with E-state index in [4.69, 9.17) is 9.15 Å². The summed E-state index contributed by atoms with van der Waals surface area (Å²) in [6, 6.07) is 9.85. The van der Waals surface area contributed by atoms with Crippen molar-refractivity contribution in [3.63, 3.8) is 0 Å². The van der Waals surface area contributed by atoms with Gasteiger partial charge in [-0.1, -0.05) is 12.1 Å². The van der Waals surface area contributed by atoms with Crippen molar-refractivity contribution in [3.05, 3.63) is 53.5 Å². The van der Waals surface area contributed by atoms with Crippen molar-refractivity contribution < 1.29 is 9.15 Å². The molecule has 3 rings (SSSR count). The Labute approximate surface area is 193 Å². The van der Waals surface area contributed by atoms with Crippen LogP contribution in [0.25, 0.3) is 11.6 Å². The van der Waals surface area contributed by atoms with E-state index in [0.717, 1.165) is 29.6 Å². The summed E-state index contributed by atoms with van der Waals surface area (Å²) in [7, 11) is 0. The topological polar surface area (TPSA) is 100 Å². The summed E-state index contributed by atoms with van der Waals surface area (Å²) in [5, 5.41) is 13.7. The number of ether oxygens (including phenoxy) is 1. The molecule has 1 aromatic carbocycles. The number of halogens is 1. The lowest BCUT2D eigenvalue weighted by molar-refractivity contribution is 0.336. The second-order valence-electron chi connectivity index (χ2n) is 6.50. The first kappa shape index (κ1) is 23.7. The normalized spacial score (nSPS) is 11.1. The van der Waals surface area contributed by atoms with Gasteiger partial charge in [-0.2, -0.15) is 5.10 Å². The number of aromatic nitrogens is 3. The number of aliphatic imine (C=N–C) groups is 1. The van der Waals surface area contributed by atoms with Gasteiger partial charge in [0.05, 0.1) is 19.4 Å². The summed E-state index contributed by atoms with van der Waals surface area (Å²) in [5.41, 5.74) is 2.24. The highest BCUT2D eigenvalue weighted by molar-refractivity contribution is 14.0. The average molecular weight is 524 g/mol. The molecule has 0 saturated heterocycles. The van der Waals surface area contributed by atoms with Crippen molar-refractivity contribution in [1.82, 2.24) is 25.8 Å². The molecular weight excluding hydrogens is 495 g/mol. The Balaban J connectivity index is 0.00000320. The zero-order chi connectivity index (χ0) is 20.5. The number of benzene rings is 1. The van der Waals surface area contributed by atoms with E-state index in [-0.39, 0.29) is 24.0 Å². The van der Waals surface area contributed by atoms with E-state index in [9.17, 15) is 0 Å². The van der Waals surface area contributed by atoms with Crippen LogP contribution in [-0.2, 0) is 13.0 Å². The van der Waals surface area contributed by atoms with Crippen LogP contribution in [0.15, 0.2) is 46.0 Å². The lowest BCUT2D eigenvalue weighted by atomic mass is 10.1. The van der Waals surface area contributed by atoms with Gasteiger partial charge < -0.3 is 19.8 Å². The van der Waals surface area contributed by atoms with E-state index in [2.05, 4.69) is 55.9 Å². The number of rotatable bonds is 9. The largest absolute Gasteiger partial charge is 0.494 e. The lowest BCUT2D eigenvalue weighted by Gasteiger charge is -2.12. The van der Waals surface area contributed by atoms with E-state index in [1.807, 2.05) is 26.0 Å². The first-order valence-electron chi connectivity index (χ1n) is 9.89. The fraction of sp³-hybridized carbons (Fsp3) is 0.381. The quantitative estimate of drug-likeness (QED) is 0.224. The van der Waals surface area contributed by atoms with Gasteiger partial charge in [0.25, 0.3) is 0 Å². The Kier molecular flexibility index (Phi) is 9.65. The fourth-order valence-corrected chi connectivity index (χ4v) is 2.81. The Morgan fingerprint density at radius 3 is 2.83 bits per heavy atom. The molecule has 0 spiro atoms. The highest BCUT2D eigenvalue weighted by Crippen LogP contribution is 2.21. The number of hydrogen-bond donors (Lipinski definition) is 3. The highest BCUT2D eigenvalue weighted by atomic mass is 127. The number of hydrogen-bond acceptors (Lipinski definition) is 5. The summed E-state index contributed by atoms with van der Waals surface area (Å²) < 4.78 is 11.1. The molecule has 0 saturated carbocycles. The summed E-state index contributed by atoms with van der Waals surface area (Å²) >= 11 is 0. The minimum atomic E-state index is 0. The zero-order valence-corrected chi connectivity index (χ0v) is 19.9. The molecule has 0 aliphatic rings. The Morgan fingerprint density at radius 1 is 1.23 bits per heavy atom. The van der Waals surface area contributed by atoms with Crippen LogP contribution in [0.3, 0.4) is 0 Å². The Bertz CT molecular complexity index is 923. The van der Waals surface area contributed by atoms with Crippen LogP contribution in [0, 0.1) is 6.92 Å². The van der Waals surface area contributed by atoms with Crippen LogP contribution < -0.4 is 15.4 Å². The van der Waals surface area contributed by atoms with Gasteiger partial charge in [0.1, 0.15) is 11.6 Å². The molecule has 0 aliphatic heterocycles. The molecule has 30 heavy (non-hydrogen) atoms. The van der Waals surface area contributed by atoms with Crippen molar-refractivity contribution in [2.24, 2.45) is 4.99 Å². The predicted molar refractivity (Wildman–Crippen MR) is 128 cm³/mol. The van der Waals surface area contributed by atoms with Crippen molar-refractivity contribution in [2.45, 2.75) is 33.7 Å². The van der Waals surface area contributed by atoms with E-state index in [1.165, 1.54) is 5.56 Å². The molecule has 2 heterocycles. The molecule has 9 heteroatoms. The number of nitrogens with one attached hydrogen (secondary N) is 3. The monoisotopic (exact) mass is 524 g/mol. The molecule has 8 nitrogen and oxygen atoms in total. The van der Waals surface area contributed by atoms with Gasteiger partial charge in [-0.15, -0.1) is 24.0 Å². The Hall–Kier alpha value is -2.56. The van der Waals surface area contributed by atoms with Crippen molar-refractivity contribution in [1.29, 1.82) is 0 Å². The minimum Gasteiger partial charge on any atom is -0.494 e. The second-order valence-corrected chi connectivity index (χ2v) is 6.50. The summed E-state index contributed by atoms with van der Waals surface area (Å²) in [6.07, 6.45) is 2.30. The van der Waals surface area contributed by atoms with E-state index < -0.39 is 0 Å². The number of guanidine groups is 1. The van der Waals surface area contributed by atoms with Crippen LogP contribution in [-0.4, -0.2) is 40.8 Å². The minimum absolute atomic E-state index is 0. The molecule has 162 valence electrons. The maximum absolute atomic E-state index is 5.74. The van der Waals surface area contributed by atoms with Crippen LogP contribution >= 0.6 is 24.0 Å². The third-order valence-corrected chi connectivity index (χ3v) is 4.20. The first-order valence-corrected chi connectivity index (χ1v) is 9.89. The predicted octanol–water partition coefficient (Wildman–Crippen LogP) is 3.69. The fourth-order valence-electron chi connectivity index (χ4n) is 2.81. The summed E-state index contributed by atoms with van der Waals surface area (Å²) in [6.45, 7) is 8.71. The van der Waals surface area contributed by atoms with Gasteiger partial charge in [-0.25, -0.2) is 9.98 Å². The average Bonchev–Trinajstić information content (AvgIpc) is 3.39. The van der Waals surface area contributed by atoms with Crippen LogP contribution in [0.4, 0.5) is 0 Å². The molecule has 3 aromatic rings. The summed E-state index contributed by atoms with van der Waals surface area (Å²) in [5.74, 6) is 3.64. The van der Waals surface area contributed by atoms with Crippen molar-refractivity contribution in [2.75, 3.05) is 19.7 Å². The first-order chi connectivity index (χ1) is 14.2. The summed E-state index contributed by atoms with van der Waals surface area (Å²) in [4.78, 5) is 9.14. The number of nitrogens with zero attached hydrogens (tertiary/aromatic N) is 3. The number of aromatic amines is 1. The van der Waals surface area contributed by atoms with E-state index in [1.54, 1.807) is 6.26 Å². The van der Waals surface area contributed by atoms with Crippen LogP contribution in [0.2, 0.25) is 0 Å². The Morgan fingerprint density at radius 2 is 2.10 bits per heavy atom. The van der Waals surface area contributed by atoms with Gasteiger partial charge in [-0.3, -0.25) is 5.10 Å². The molecule has 0 aliphatic carbocycles. The van der Waals surface area contributed by atoms with Gasteiger partial charge in [0.2, 0.25) is 5.82 Å². The molecule has 0 radical (unpaired) electrons. The smallest absolute Gasteiger partial charge is 0.216 e. The number of furan rings is 1. The second kappa shape index (κ2) is 12.2. The van der Waals surface area contributed by atoms with Gasteiger partial charge >= 0.3 is 0 Å². The van der Waals surface area contributed by atoms with Crippen LogP contribution in [0.1, 0.15) is 30.8 Å².